The summed E-state index contributed by atoms with van der Waals surface area (Å²) in [5.74, 6) is 1.81. The number of aliphatic imine (C=N–C) groups is 1. The fraction of sp³-hybridized carbons (Fsp3) is 0.379. The minimum absolute atomic E-state index is 0.294. The van der Waals surface area contributed by atoms with Gasteiger partial charge in [0.1, 0.15) is 11.6 Å². The number of pyridine rings is 1. The molecule has 1 fully saturated rings. The van der Waals surface area contributed by atoms with E-state index in [9.17, 15) is 4.79 Å². The van der Waals surface area contributed by atoms with E-state index >= 15 is 0 Å². The minimum Gasteiger partial charge on any atom is -0.369 e. The average molecular weight is 513 g/mol. The SMILES string of the molecule is C=c1c2c(nc(=O)n1-c1ncccc1C(CC)CC)NC(Nc1ccc(N3CCN(C)CC3)c(C)c1)=NC=2. The lowest BCUT2D eigenvalue weighted by molar-refractivity contribution is 0.312. The molecule has 2 N–H and O–H groups in total. The molecule has 4 heterocycles. The maximum Gasteiger partial charge on any atom is 0.355 e. The zero-order valence-electron chi connectivity index (χ0n) is 22.7. The van der Waals surface area contributed by atoms with Gasteiger partial charge in [0.15, 0.2) is 0 Å². The van der Waals surface area contributed by atoms with Crippen LogP contribution < -0.4 is 31.8 Å². The van der Waals surface area contributed by atoms with Crippen LogP contribution in [0.2, 0.25) is 0 Å². The molecular weight excluding hydrogens is 476 g/mol. The third-order valence-electron chi connectivity index (χ3n) is 7.55. The molecule has 9 nitrogen and oxygen atoms in total. The fourth-order valence-corrected chi connectivity index (χ4v) is 5.28. The van der Waals surface area contributed by atoms with Gasteiger partial charge in [0, 0.05) is 50.0 Å². The van der Waals surface area contributed by atoms with Crippen molar-refractivity contribution in [2.24, 2.45) is 4.99 Å². The van der Waals surface area contributed by atoms with E-state index in [0.29, 0.717) is 34.1 Å². The van der Waals surface area contributed by atoms with Crippen molar-refractivity contribution in [3.63, 3.8) is 0 Å². The third-order valence-corrected chi connectivity index (χ3v) is 7.55. The number of hydrogen-bond donors (Lipinski definition) is 2. The molecular formula is C29H36N8O. The molecule has 198 valence electrons. The summed E-state index contributed by atoms with van der Waals surface area (Å²) in [6, 6.07) is 10.3. The van der Waals surface area contributed by atoms with Crippen molar-refractivity contribution < 1.29 is 0 Å². The molecule has 0 atom stereocenters. The lowest BCUT2D eigenvalue weighted by Crippen LogP contribution is -2.47. The highest BCUT2D eigenvalue weighted by Gasteiger charge is 2.20. The second-order valence-corrected chi connectivity index (χ2v) is 10.0. The van der Waals surface area contributed by atoms with E-state index in [1.807, 2.05) is 12.1 Å². The minimum atomic E-state index is -0.422. The number of aryl methyl sites for hydroxylation is 1. The van der Waals surface area contributed by atoms with Gasteiger partial charge in [-0.05, 0) is 68.1 Å². The summed E-state index contributed by atoms with van der Waals surface area (Å²) >= 11 is 0. The molecule has 38 heavy (non-hydrogen) atoms. The topological polar surface area (TPSA) is 90.7 Å². The first-order valence-corrected chi connectivity index (χ1v) is 13.3. The lowest BCUT2D eigenvalue weighted by atomic mass is 9.94. The highest BCUT2D eigenvalue weighted by atomic mass is 16.1. The number of hydrogen-bond acceptors (Lipinski definition) is 8. The maximum atomic E-state index is 13.2. The highest BCUT2D eigenvalue weighted by molar-refractivity contribution is 6.05. The Morgan fingerprint density at radius 3 is 2.61 bits per heavy atom. The summed E-state index contributed by atoms with van der Waals surface area (Å²) in [6.07, 6.45) is 5.31. The molecule has 2 aromatic heterocycles. The standard InChI is InChI=1S/C29H36N8O/c1-6-21(7-2)23-9-8-12-30-27(23)37-20(4)24-18-31-28(33-26(24)34-29(37)38)32-22-10-11-25(19(3)17-22)36-15-13-35(5)14-16-36/h8-12,17-18,21H,4,6-7,13-16H2,1-3,5H3,(H2,31,32,33,34,38). The van der Waals surface area contributed by atoms with Gasteiger partial charge in [-0.2, -0.15) is 4.98 Å². The number of likely N-dealkylation sites (N-methyl/N-ethyl adjacent to an activating group) is 1. The number of guanidine groups is 1. The van der Waals surface area contributed by atoms with Gasteiger partial charge in [-0.25, -0.2) is 19.3 Å². The number of nitrogens with zero attached hydrogens (tertiary/aromatic N) is 6. The summed E-state index contributed by atoms with van der Waals surface area (Å²) < 4.78 is 1.50. The number of aromatic nitrogens is 3. The van der Waals surface area contributed by atoms with Gasteiger partial charge in [-0.1, -0.05) is 26.5 Å². The van der Waals surface area contributed by atoms with Crippen LogP contribution in [0.5, 0.6) is 0 Å². The number of rotatable bonds is 6. The van der Waals surface area contributed by atoms with E-state index in [2.05, 4.69) is 88.0 Å². The van der Waals surface area contributed by atoms with Gasteiger partial charge in [0.25, 0.3) is 0 Å². The Hall–Kier alpha value is -3.98. The van der Waals surface area contributed by atoms with Crippen LogP contribution in [0.1, 0.15) is 43.7 Å². The first kappa shape index (κ1) is 25.7. The second-order valence-electron chi connectivity index (χ2n) is 10.0. The molecule has 0 radical (unpaired) electrons. The largest absolute Gasteiger partial charge is 0.369 e. The van der Waals surface area contributed by atoms with E-state index in [1.54, 1.807) is 12.4 Å². The zero-order chi connectivity index (χ0) is 26.8. The molecule has 1 saturated heterocycles. The molecule has 9 heteroatoms. The van der Waals surface area contributed by atoms with Gasteiger partial charge in [0.2, 0.25) is 5.96 Å². The Labute approximate surface area is 223 Å². The molecule has 0 amide bonds. The first-order valence-electron chi connectivity index (χ1n) is 13.3. The highest BCUT2D eigenvalue weighted by Crippen LogP contribution is 2.26. The Morgan fingerprint density at radius 2 is 1.89 bits per heavy atom. The fourth-order valence-electron chi connectivity index (χ4n) is 5.28. The number of anilines is 3. The molecule has 5 rings (SSSR count). The Balaban J connectivity index is 1.43. The summed E-state index contributed by atoms with van der Waals surface area (Å²) in [5, 5.41) is 7.67. The van der Waals surface area contributed by atoms with E-state index in [0.717, 1.165) is 50.3 Å². The zero-order valence-corrected chi connectivity index (χ0v) is 22.7. The predicted molar refractivity (Wildman–Crippen MR) is 156 cm³/mol. The second kappa shape index (κ2) is 10.8. The molecule has 2 aliphatic rings. The van der Waals surface area contributed by atoms with Gasteiger partial charge in [0.05, 0.1) is 10.6 Å². The Bertz CT molecular complexity index is 1530. The monoisotopic (exact) mass is 512 g/mol. The van der Waals surface area contributed by atoms with Crippen molar-refractivity contribution in [2.75, 3.05) is 48.8 Å². The van der Waals surface area contributed by atoms with Crippen molar-refractivity contribution in [1.82, 2.24) is 19.4 Å². The Kier molecular flexibility index (Phi) is 7.28. The van der Waals surface area contributed by atoms with Crippen molar-refractivity contribution in [1.29, 1.82) is 0 Å². The van der Waals surface area contributed by atoms with Crippen molar-refractivity contribution >= 4 is 35.9 Å². The van der Waals surface area contributed by atoms with E-state index < -0.39 is 5.69 Å². The number of fused-ring (bicyclic) bond motifs is 1. The van der Waals surface area contributed by atoms with E-state index in [4.69, 9.17) is 0 Å². The average Bonchev–Trinajstić information content (AvgIpc) is 2.91. The summed E-state index contributed by atoms with van der Waals surface area (Å²) in [5.41, 5.74) is 3.97. The van der Waals surface area contributed by atoms with Gasteiger partial charge in [-0.15, -0.1) is 0 Å². The number of benzene rings is 1. The van der Waals surface area contributed by atoms with Crippen LogP contribution in [0.4, 0.5) is 17.2 Å². The third kappa shape index (κ3) is 4.93. The van der Waals surface area contributed by atoms with Crippen molar-refractivity contribution in [2.45, 2.75) is 39.5 Å². The first-order chi connectivity index (χ1) is 18.4. The van der Waals surface area contributed by atoms with E-state index in [-0.39, 0.29) is 0 Å². The van der Waals surface area contributed by atoms with Gasteiger partial charge < -0.3 is 20.4 Å². The van der Waals surface area contributed by atoms with Crippen molar-refractivity contribution in [3.8, 4) is 5.82 Å². The van der Waals surface area contributed by atoms with Crippen LogP contribution >= 0.6 is 0 Å². The molecule has 3 aromatic rings. The Morgan fingerprint density at radius 1 is 1.13 bits per heavy atom. The van der Waals surface area contributed by atoms with Crippen LogP contribution in [-0.2, 0) is 0 Å². The molecule has 0 aliphatic carbocycles. The van der Waals surface area contributed by atoms with Crippen LogP contribution in [0.15, 0.2) is 46.3 Å². The van der Waals surface area contributed by atoms with Crippen molar-refractivity contribution in [3.05, 3.63) is 68.7 Å². The van der Waals surface area contributed by atoms with Gasteiger partial charge >= 0.3 is 5.69 Å². The summed E-state index contributed by atoms with van der Waals surface area (Å²) in [6.45, 7) is 14.8. The van der Waals surface area contributed by atoms with Crippen LogP contribution in [0.3, 0.4) is 0 Å². The summed E-state index contributed by atoms with van der Waals surface area (Å²) in [7, 11) is 2.16. The molecule has 0 saturated carbocycles. The van der Waals surface area contributed by atoms with Crippen LogP contribution in [-0.4, -0.2) is 58.6 Å². The van der Waals surface area contributed by atoms with Crippen LogP contribution in [0.25, 0.3) is 18.6 Å². The molecule has 0 spiro atoms. The normalized spacial score (nSPS) is 15.5. The summed E-state index contributed by atoms with van der Waals surface area (Å²) in [4.78, 5) is 31.5. The quantitative estimate of drug-likeness (QED) is 0.525. The smallest absolute Gasteiger partial charge is 0.355 e. The molecule has 2 aliphatic heterocycles. The molecule has 0 unspecified atom stereocenters. The number of nitrogens with one attached hydrogen (secondary N) is 2. The molecule has 0 bridgehead atoms. The van der Waals surface area contributed by atoms with E-state index in [1.165, 1.54) is 15.8 Å². The lowest BCUT2D eigenvalue weighted by Gasteiger charge is -2.35. The number of piperazine rings is 1. The van der Waals surface area contributed by atoms with Gasteiger partial charge in [-0.3, -0.25) is 0 Å². The maximum absolute atomic E-state index is 13.2. The predicted octanol–water partition coefficient (Wildman–Crippen LogP) is 2.63. The van der Waals surface area contributed by atoms with Crippen LogP contribution in [0, 0.1) is 6.92 Å². The molecule has 1 aromatic carbocycles.